The van der Waals surface area contributed by atoms with Crippen LogP contribution in [0.2, 0.25) is 0 Å². The molecule has 5 nitrogen and oxygen atoms in total. The van der Waals surface area contributed by atoms with Gasteiger partial charge in [0.15, 0.2) is 6.29 Å². The third-order valence-electron chi connectivity index (χ3n) is 2.01. The van der Waals surface area contributed by atoms with Gasteiger partial charge in [0.2, 0.25) is 0 Å². The fourth-order valence-electron chi connectivity index (χ4n) is 1.15. The zero-order valence-corrected chi connectivity index (χ0v) is 10.6. The Morgan fingerprint density at radius 3 is 2.41 bits per heavy atom. The molecule has 0 radical (unpaired) electrons. The van der Waals surface area contributed by atoms with Crippen molar-refractivity contribution in [3.05, 3.63) is 29.8 Å². The number of aliphatic hydroxyl groups excluding tert-OH is 1. The molecule has 1 aromatic carbocycles. The second kappa shape index (κ2) is 6.11. The minimum absolute atomic E-state index is 0.0126. The first-order chi connectivity index (χ1) is 7.95. The van der Waals surface area contributed by atoms with E-state index in [0.29, 0.717) is 6.61 Å². The van der Waals surface area contributed by atoms with E-state index < -0.39 is 16.4 Å². The molecule has 0 aliphatic heterocycles. The van der Waals surface area contributed by atoms with E-state index in [1.54, 1.807) is 19.1 Å². The Balaban J connectivity index is 2.71. The van der Waals surface area contributed by atoms with Gasteiger partial charge in [-0.05, 0) is 26.0 Å². The second-order valence-corrected chi connectivity index (χ2v) is 5.05. The molecule has 0 aliphatic rings. The molecule has 0 spiro atoms. The van der Waals surface area contributed by atoms with E-state index in [-0.39, 0.29) is 11.5 Å². The number of aliphatic hydroxyl groups is 1. The maximum atomic E-state index is 11.7. The van der Waals surface area contributed by atoms with Crippen LogP contribution in [0.5, 0.6) is 0 Å². The van der Waals surface area contributed by atoms with Crippen LogP contribution >= 0.6 is 0 Å². The summed E-state index contributed by atoms with van der Waals surface area (Å²) < 4.78 is 32.8. The third kappa shape index (κ3) is 4.43. The molecule has 6 heteroatoms. The Morgan fingerprint density at radius 1 is 1.29 bits per heavy atom. The standard InChI is InChI=1S/C11H16O5S/c1-3-15-8-11(12)16-17(13,14)10-6-4-9(2)5-7-10/h4-7,11-12H,3,8H2,1-2H3. The molecule has 0 heterocycles. The molecule has 96 valence electrons. The molecule has 1 atom stereocenters. The zero-order valence-electron chi connectivity index (χ0n) is 9.79. The number of benzene rings is 1. The van der Waals surface area contributed by atoms with Crippen LogP contribution in [0.4, 0.5) is 0 Å². The maximum Gasteiger partial charge on any atom is 0.299 e. The van der Waals surface area contributed by atoms with Gasteiger partial charge in [-0.2, -0.15) is 8.42 Å². The predicted molar refractivity (Wildman–Crippen MR) is 61.9 cm³/mol. The van der Waals surface area contributed by atoms with E-state index in [0.717, 1.165) is 5.56 Å². The van der Waals surface area contributed by atoms with Crippen LogP contribution in [-0.2, 0) is 19.0 Å². The SMILES string of the molecule is CCOCC(O)OS(=O)(=O)c1ccc(C)cc1. The number of hydrogen-bond acceptors (Lipinski definition) is 5. The van der Waals surface area contributed by atoms with Crippen LogP contribution in [-0.4, -0.2) is 33.0 Å². The molecule has 17 heavy (non-hydrogen) atoms. The summed E-state index contributed by atoms with van der Waals surface area (Å²) in [5, 5.41) is 9.31. The molecule has 0 saturated carbocycles. The van der Waals surface area contributed by atoms with Crippen LogP contribution in [0, 0.1) is 6.92 Å². The van der Waals surface area contributed by atoms with E-state index in [1.807, 2.05) is 6.92 Å². The highest BCUT2D eigenvalue weighted by Gasteiger charge is 2.19. The molecule has 0 fully saturated rings. The van der Waals surface area contributed by atoms with Crippen molar-refractivity contribution in [1.82, 2.24) is 0 Å². The van der Waals surface area contributed by atoms with Crippen molar-refractivity contribution in [2.45, 2.75) is 25.0 Å². The quantitative estimate of drug-likeness (QED) is 0.611. The summed E-state index contributed by atoms with van der Waals surface area (Å²) in [5.41, 5.74) is 0.943. The van der Waals surface area contributed by atoms with Gasteiger partial charge in [0, 0.05) is 6.61 Å². The summed E-state index contributed by atoms with van der Waals surface area (Å²) in [5.74, 6) is 0. The number of rotatable bonds is 6. The molecular weight excluding hydrogens is 244 g/mol. The first-order valence-electron chi connectivity index (χ1n) is 5.21. The monoisotopic (exact) mass is 260 g/mol. The van der Waals surface area contributed by atoms with Crippen molar-refractivity contribution in [1.29, 1.82) is 0 Å². The Kier molecular flexibility index (Phi) is 5.07. The average molecular weight is 260 g/mol. The third-order valence-corrected chi connectivity index (χ3v) is 3.34. The van der Waals surface area contributed by atoms with Crippen LogP contribution < -0.4 is 0 Å². The highest BCUT2D eigenvalue weighted by molar-refractivity contribution is 7.86. The van der Waals surface area contributed by atoms with E-state index in [9.17, 15) is 13.5 Å². The summed E-state index contributed by atoms with van der Waals surface area (Å²) >= 11 is 0. The van der Waals surface area contributed by atoms with Crippen molar-refractivity contribution in [3.63, 3.8) is 0 Å². The van der Waals surface area contributed by atoms with Crippen LogP contribution in [0.25, 0.3) is 0 Å². The summed E-state index contributed by atoms with van der Waals surface area (Å²) in [4.78, 5) is 0.0126. The number of ether oxygens (including phenoxy) is 1. The summed E-state index contributed by atoms with van der Waals surface area (Å²) in [6.07, 6.45) is -1.48. The summed E-state index contributed by atoms with van der Waals surface area (Å²) in [6, 6.07) is 6.17. The topological polar surface area (TPSA) is 72.8 Å². The van der Waals surface area contributed by atoms with Gasteiger partial charge >= 0.3 is 0 Å². The van der Waals surface area contributed by atoms with Gasteiger partial charge in [0.1, 0.15) is 0 Å². The fraction of sp³-hybridized carbons (Fsp3) is 0.455. The van der Waals surface area contributed by atoms with Crippen molar-refractivity contribution in [3.8, 4) is 0 Å². The Labute approximate surface area is 101 Å². The van der Waals surface area contributed by atoms with Gasteiger partial charge in [0.25, 0.3) is 10.1 Å². The van der Waals surface area contributed by atoms with Gasteiger partial charge in [-0.3, -0.25) is 0 Å². The Bertz CT molecular complexity index is 437. The van der Waals surface area contributed by atoms with Gasteiger partial charge < -0.3 is 9.84 Å². The maximum absolute atomic E-state index is 11.7. The molecule has 0 aliphatic carbocycles. The number of aryl methyl sites for hydroxylation is 1. The molecule has 1 unspecified atom stereocenters. The highest BCUT2D eigenvalue weighted by atomic mass is 32.2. The van der Waals surface area contributed by atoms with Gasteiger partial charge in [-0.1, -0.05) is 17.7 Å². The fourth-order valence-corrected chi connectivity index (χ4v) is 2.08. The molecule has 1 N–H and O–H groups in total. The van der Waals surface area contributed by atoms with Crippen molar-refractivity contribution < 1.29 is 22.4 Å². The van der Waals surface area contributed by atoms with Crippen molar-refractivity contribution >= 4 is 10.1 Å². The average Bonchev–Trinajstić information content (AvgIpc) is 2.26. The van der Waals surface area contributed by atoms with E-state index in [1.165, 1.54) is 12.1 Å². The van der Waals surface area contributed by atoms with Crippen molar-refractivity contribution in [2.75, 3.05) is 13.2 Å². The first kappa shape index (κ1) is 14.1. The lowest BCUT2D eigenvalue weighted by Gasteiger charge is -2.11. The van der Waals surface area contributed by atoms with E-state index in [2.05, 4.69) is 4.18 Å². The Hall–Kier alpha value is -0.950. The highest BCUT2D eigenvalue weighted by Crippen LogP contribution is 2.14. The van der Waals surface area contributed by atoms with Gasteiger partial charge in [-0.25, -0.2) is 4.18 Å². The lowest BCUT2D eigenvalue weighted by atomic mass is 10.2. The van der Waals surface area contributed by atoms with Gasteiger partial charge in [-0.15, -0.1) is 0 Å². The van der Waals surface area contributed by atoms with E-state index in [4.69, 9.17) is 4.74 Å². The van der Waals surface area contributed by atoms with Crippen LogP contribution in [0.3, 0.4) is 0 Å². The lowest BCUT2D eigenvalue weighted by molar-refractivity contribution is -0.0712. The second-order valence-electron chi connectivity index (χ2n) is 3.48. The van der Waals surface area contributed by atoms with Gasteiger partial charge in [0.05, 0.1) is 11.5 Å². The minimum Gasteiger partial charge on any atom is -0.376 e. The van der Waals surface area contributed by atoms with E-state index >= 15 is 0 Å². The van der Waals surface area contributed by atoms with Crippen LogP contribution in [0.15, 0.2) is 29.2 Å². The lowest BCUT2D eigenvalue weighted by Crippen LogP contribution is -2.23. The molecule has 0 bridgehead atoms. The Morgan fingerprint density at radius 2 is 1.88 bits per heavy atom. The summed E-state index contributed by atoms with van der Waals surface area (Å²) in [7, 11) is -3.94. The zero-order chi connectivity index (χ0) is 12.9. The molecule has 0 saturated heterocycles. The first-order valence-corrected chi connectivity index (χ1v) is 6.62. The molecule has 0 aromatic heterocycles. The van der Waals surface area contributed by atoms with Crippen LogP contribution in [0.1, 0.15) is 12.5 Å². The molecule has 1 aromatic rings. The normalized spacial score (nSPS) is 13.6. The smallest absolute Gasteiger partial charge is 0.299 e. The summed E-state index contributed by atoms with van der Waals surface area (Å²) in [6.45, 7) is 3.79. The largest absolute Gasteiger partial charge is 0.376 e. The molecule has 0 amide bonds. The number of hydrogen-bond donors (Lipinski definition) is 1. The molecular formula is C11H16O5S. The predicted octanol–water partition coefficient (Wildman–Crippen LogP) is 1.06. The molecule has 1 rings (SSSR count). The minimum atomic E-state index is -3.94. The van der Waals surface area contributed by atoms with Crippen molar-refractivity contribution in [2.24, 2.45) is 0 Å².